The van der Waals surface area contributed by atoms with E-state index in [4.69, 9.17) is 10.5 Å². The van der Waals surface area contributed by atoms with Crippen molar-refractivity contribution in [2.75, 3.05) is 6.26 Å². The lowest BCUT2D eigenvalue weighted by Gasteiger charge is -2.09. The first-order chi connectivity index (χ1) is 7.20. The Morgan fingerprint density at radius 1 is 1.53 bits per heavy atom. The zero-order valence-corrected chi connectivity index (χ0v) is 9.34. The van der Waals surface area contributed by atoms with Gasteiger partial charge in [0.1, 0.15) is 5.75 Å². The molecule has 0 saturated heterocycles. The molecule has 0 atom stereocenters. The van der Waals surface area contributed by atoms with E-state index < -0.39 is 5.91 Å². The van der Waals surface area contributed by atoms with Crippen LogP contribution in [0, 0.1) is 0 Å². The molecule has 80 valence electrons. The number of ether oxygens (including phenoxy) is 1. The summed E-state index contributed by atoms with van der Waals surface area (Å²) in [5.74, 6) is 0.190. The van der Waals surface area contributed by atoms with Crippen LogP contribution in [0.25, 0.3) is 0 Å². The number of rotatable bonds is 4. The van der Waals surface area contributed by atoms with E-state index in [0.717, 1.165) is 17.7 Å². The smallest absolute Gasteiger partial charge is 0.252 e. The first kappa shape index (κ1) is 10.4. The van der Waals surface area contributed by atoms with Crippen molar-refractivity contribution in [2.45, 2.75) is 23.8 Å². The van der Waals surface area contributed by atoms with Crippen molar-refractivity contribution in [2.24, 2.45) is 5.73 Å². The van der Waals surface area contributed by atoms with Gasteiger partial charge in [0.25, 0.3) is 5.91 Å². The maximum Gasteiger partial charge on any atom is 0.252 e. The van der Waals surface area contributed by atoms with E-state index in [1.54, 1.807) is 17.8 Å². The van der Waals surface area contributed by atoms with E-state index in [1.807, 2.05) is 18.4 Å². The van der Waals surface area contributed by atoms with E-state index in [2.05, 4.69) is 0 Å². The van der Waals surface area contributed by atoms with Gasteiger partial charge in [-0.05, 0) is 37.3 Å². The van der Waals surface area contributed by atoms with Crippen molar-refractivity contribution < 1.29 is 9.53 Å². The number of hydrogen-bond donors (Lipinski definition) is 1. The van der Waals surface area contributed by atoms with Gasteiger partial charge in [-0.25, -0.2) is 0 Å². The van der Waals surface area contributed by atoms with Gasteiger partial charge in [-0.3, -0.25) is 4.79 Å². The molecule has 15 heavy (non-hydrogen) atoms. The summed E-state index contributed by atoms with van der Waals surface area (Å²) in [6, 6.07) is 5.49. The van der Waals surface area contributed by atoms with Crippen LogP contribution in [0.15, 0.2) is 23.1 Å². The first-order valence-electron chi connectivity index (χ1n) is 4.85. The summed E-state index contributed by atoms with van der Waals surface area (Å²) in [7, 11) is 0. The summed E-state index contributed by atoms with van der Waals surface area (Å²) in [6.45, 7) is 0. The fraction of sp³-hybridized carbons (Fsp3) is 0.364. The van der Waals surface area contributed by atoms with Crippen LogP contribution in [-0.4, -0.2) is 18.3 Å². The maximum absolute atomic E-state index is 11.2. The van der Waals surface area contributed by atoms with Gasteiger partial charge < -0.3 is 10.5 Å². The number of carbonyl (C=O) groups is 1. The molecule has 1 fully saturated rings. The summed E-state index contributed by atoms with van der Waals surface area (Å²) in [6.07, 6.45) is 4.41. The fourth-order valence-corrected chi connectivity index (χ4v) is 1.73. The molecular weight excluding hydrogens is 210 g/mol. The molecule has 0 aliphatic heterocycles. The molecule has 0 radical (unpaired) electrons. The second kappa shape index (κ2) is 4.14. The van der Waals surface area contributed by atoms with E-state index in [0.29, 0.717) is 11.3 Å². The van der Waals surface area contributed by atoms with Crippen LogP contribution in [0.5, 0.6) is 5.75 Å². The molecule has 0 spiro atoms. The summed E-state index contributed by atoms with van der Waals surface area (Å²) in [4.78, 5) is 12.2. The third kappa shape index (κ3) is 2.45. The second-order valence-corrected chi connectivity index (χ2v) is 4.42. The molecule has 4 heteroatoms. The molecule has 2 rings (SSSR count). The quantitative estimate of drug-likeness (QED) is 0.795. The third-order valence-corrected chi connectivity index (χ3v) is 3.00. The number of carbonyl (C=O) groups excluding carboxylic acids is 1. The van der Waals surface area contributed by atoms with E-state index in [9.17, 15) is 4.79 Å². The van der Waals surface area contributed by atoms with Crippen molar-refractivity contribution in [3.05, 3.63) is 23.8 Å². The molecule has 3 nitrogen and oxygen atoms in total. The standard InChI is InChI=1S/C11H13NO2S/c1-15-8-4-5-9(11(12)13)10(6-8)14-7-2-3-7/h4-7H,2-3H2,1H3,(H2,12,13). The minimum atomic E-state index is -0.432. The van der Waals surface area contributed by atoms with Gasteiger partial charge in [0, 0.05) is 4.90 Å². The molecule has 1 saturated carbocycles. The molecule has 0 bridgehead atoms. The molecule has 0 unspecified atom stereocenters. The number of amides is 1. The molecule has 1 aliphatic carbocycles. The highest BCUT2D eigenvalue weighted by Crippen LogP contribution is 2.31. The molecule has 1 aliphatic rings. The van der Waals surface area contributed by atoms with Crippen molar-refractivity contribution in [3.63, 3.8) is 0 Å². The van der Waals surface area contributed by atoms with Gasteiger partial charge >= 0.3 is 0 Å². The molecule has 0 aromatic heterocycles. The zero-order chi connectivity index (χ0) is 10.8. The van der Waals surface area contributed by atoms with E-state index in [1.165, 1.54) is 0 Å². The van der Waals surface area contributed by atoms with Crippen LogP contribution in [-0.2, 0) is 0 Å². The topological polar surface area (TPSA) is 52.3 Å². The lowest BCUT2D eigenvalue weighted by Crippen LogP contribution is -2.13. The predicted octanol–water partition coefficient (Wildman–Crippen LogP) is 2.05. The summed E-state index contributed by atoms with van der Waals surface area (Å²) < 4.78 is 5.65. The largest absolute Gasteiger partial charge is 0.490 e. The molecular formula is C11H13NO2S. The van der Waals surface area contributed by atoms with E-state index in [-0.39, 0.29) is 6.10 Å². The molecule has 1 amide bonds. The normalized spacial score (nSPS) is 15.0. The molecule has 1 aromatic carbocycles. The van der Waals surface area contributed by atoms with Gasteiger partial charge in [-0.15, -0.1) is 11.8 Å². The Morgan fingerprint density at radius 2 is 2.27 bits per heavy atom. The average molecular weight is 223 g/mol. The first-order valence-corrected chi connectivity index (χ1v) is 6.07. The van der Waals surface area contributed by atoms with Gasteiger partial charge in [-0.2, -0.15) is 0 Å². The number of nitrogens with two attached hydrogens (primary N) is 1. The van der Waals surface area contributed by atoms with Gasteiger partial charge in [0.05, 0.1) is 11.7 Å². The highest BCUT2D eigenvalue weighted by Gasteiger charge is 2.25. The summed E-state index contributed by atoms with van der Waals surface area (Å²) in [5.41, 5.74) is 5.75. The summed E-state index contributed by atoms with van der Waals surface area (Å²) >= 11 is 1.62. The van der Waals surface area contributed by atoms with E-state index >= 15 is 0 Å². The zero-order valence-electron chi connectivity index (χ0n) is 8.53. The highest BCUT2D eigenvalue weighted by molar-refractivity contribution is 7.98. The SMILES string of the molecule is CSc1ccc(C(N)=O)c(OC2CC2)c1. The van der Waals surface area contributed by atoms with Crippen molar-refractivity contribution in [1.29, 1.82) is 0 Å². The Hall–Kier alpha value is -1.16. The highest BCUT2D eigenvalue weighted by atomic mass is 32.2. The van der Waals surface area contributed by atoms with Gasteiger partial charge in [-0.1, -0.05) is 0 Å². The van der Waals surface area contributed by atoms with Gasteiger partial charge in [0.15, 0.2) is 0 Å². The maximum atomic E-state index is 11.2. The van der Waals surface area contributed by atoms with Crippen LogP contribution in [0.3, 0.4) is 0 Å². The Kier molecular flexibility index (Phi) is 2.86. The van der Waals surface area contributed by atoms with Crippen LogP contribution in [0.1, 0.15) is 23.2 Å². The Labute approximate surface area is 93.0 Å². The number of primary amides is 1. The Morgan fingerprint density at radius 3 is 2.80 bits per heavy atom. The van der Waals surface area contributed by atoms with Crippen LogP contribution in [0.2, 0.25) is 0 Å². The molecule has 1 aromatic rings. The minimum absolute atomic E-state index is 0.278. The lowest BCUT2D eigenvalue weighted by molar-refractivity contribution is 0.0996. The lowest BCUT2D eigenvalue weighted by atomic mass is 10.2. The monoisotopic (exact) mass is 223 g/mol. The fourth-order valence-electron chi connectivity index (χ4n) is 1.30. The number of benzene rings is 1. The van der Waals surface area contributed by atoms with Crippen molar-refractivity contribution in [1.82, 2.24) is 0 Å². The minimum Gasteiger partial charge on any atom is -0.490 e. The van der Waals surface area contributed by atoms with Crippen molar-refractivity contribution >= 4 is 17.7 Å². The predicted molar refractivity (Wildman–Crippen MR) is 60.4 cm³/mol. The number of hydrogen-bond acceptors (Lipinski definition) is 3. The average Bonchev–Trinajstić information content (AvgIpc) is 3.01. The van der Waals surface area contributed by atoms with Crippen LogP contribution in [0.4, 0.5) is 0 Å². The van der Waals surface area contributed by atoms with Crippen LogP contribution >= 0.6 is 11.8 Å². The second-order valence-electron chi connectivity index (χ2n) is 3.54. The molecule has 2 N–H and O–H groups in total. The van der Waals surface area contributed by atoms with Crippen molar-refractivity contribution in [3.8, 4) is 5.75 Å². The Balaban J connectivity index is 2.30. The molecule has 0 heterocycles. The number of thioether (sulfide) groups is 1. The third-order valence-electron chi connectivity index (χ3n) is 2.27. The summed E-state index contributed by atoms with van der Waals surface area (Å²) in [5, 5.41) is 0. The Bertz CT molecular complexity index is 388. The van der Waals surface area contributed by atoms with Gasteiger partial charge in [0.2, 0.25) is 0 Å². The van der Waals surface area contributed by atoms with Crippen LogP contribution < -0.4 is 10.5 Å².